The van der Waals surface area contributed by atoms with Crippen molar-refractivity contribution in [2.24, 2.45) is 0 Å². The van der Waals surface area contributed by atoms with Crippen molar-refractivity contribution in [2.45, 2.75) is 13.8 Å². The highest BCUT2D eigenvalue weighted by Gasteiger charge is 2.20. The molecule has 0 bridgehead atoms. The van der Waals surface area contributed by atoms with Crippen molar-refractivity contribution in [3.63, 3.8) is 0 Å². The van der Waals surface area contributed by atoms with Crippen LogP contribution in [0.25, 0.3) is 22.2 Å². The van der Waals surface area contributed by atoms with Crippen molar-refractivity contribution in [3.8, 4) is 11.1 Å². The predicted octanol–water partition coefficient (Wildman–Crippen LogP) is 2.83. The summed E-state index contributed by atoms with van der Waals surface area (Å²) in [5.74, 6) is 0.853. The van der Waals surface area contributed by atoms with Gasteiger partial charge in [0.05, 0.1) is 0 Å². The second kappa shape index (κ2) is 6.87. The van der Waals surface area contributed by atoms with E-state index in [1.807, 2.05) is 48.2 Å². The van der Waals surface area contributed by atoms with E-state index in [4.69, 9.17) is 4.42 Å². The van der Waals surface area contributed by atoms with Gasteiger partial charge >= 0.3 is 5.63 Å². The van der Waals surface area contributed by atoms with Crippen LogP contribution in [0.3, 0.4) is 0 Å². The third-order valence-corrected chi connectivity index (χ3v) is 5.08. The first kappa shape index (κ1) is 17.3. The molecule has 0 unspecified atom stereocenters. The Morgan fingerprint density at radius 1 is 1.04 bits per heavy atom. The third-order valence-electron chi connectivity index (χ3n) is 5.08. The van der Waals surface area contributed by atoms with Gasteiger partial charge in [-0.1, -0.05) is 24.3 Å². The summed E-state index contributed by atoms with van der Waals surface area (Å²) in [5, 5.41) is 0.815. The fraction of sp³-hybridized carbons (Fsp3) is 0.286. The largest absolute Gasteiger partial charge is 0.404 e. The van der Waals surface area contributed by atoms with Gasteiger partial charge in [-0.2, -0.15) is 4.98 Å². The van der Waals surface area contributed by atoms with Gasteiger partial charge in [-0.05, 0) is 30.2 Å². The number of hydrogen-bond donors (Lipinski definition) is 0. The van der Waals surface area contributed by atoms with E-state index in [1.54, 1.807) is 6.92 Å². The zero-order chi connectivity index (χ0) is 19.0. The summed E-state index contributed by atoms with van der Waals surface area (Å²) < 4.78 is 5.40. The number of aryl methyl sites for hydroxylation is 1. The number of carbonyl (C=O) groups excluding carboxylic acids is 1. The summed E-state index contributed by atoms with van der Waals surface area (Å²) in [4.78, 5) is 32.2. The number of benzene rings is 1. The summed E-state index contributed by atoms with van der Waals surface area (Å²) in [6.07, 6.45) is 0. The number of carbonyl (C=O) groups is 1. The zero-order valence-corrected chi connectivity index (χ0v) is 15.4. The molecule has 4 rings (SSSR count). The molecular formula is C21H21N3O3. The maximum absolute atomic E-state index is 12.1. The van der Waals surface area contributed by atoms with E-state index in [0.29, 0.717) is 31.9 Å². The number of fused-ring (bicyclic) bond motifs is 1. The van der Waals surface area contributed by atoms with Crippen LogP contribution in [0.1, 0.15) is 12.5 Å². The molecule has 1 aromatic carbocycles. The first-order valence-electron chi connectivity index (χ1n) is 9.04. The molecule has 3 aromatic rings. The normalized spacial score (nSPS) is 14.6. The van der Waals surface area contributed by atoms with Gasteiger partial charge < -0.3 is 14.2 Å². The minimum Gasteiger partial charge on any atom is -0.404 e. The highest BCUT2D eigenvalue weighted by atomic mass is 16.4. The maximum atomic E-state index is 12.1. The van der Waals surface area contributed by atoms with E-state index >= 15 is 0 Å². The Morgan fingerprint density at radius 2 is 1.78 bits per heavy atom. The second-order valence-electron chi connectivity index (χ2n) is 6.81. The predicted molar refractivity (Wildman–Crippen MR) is 105 cm³/mol. The van der Waals surface area contributed by atoms with E-state index in [1.165, 1.54) is 6.07 Å². The number of nitrogens with zero attached hydrogens (tertiary/aromatic N) is 3. The highest BCUT2D eigenvalue weighted by Crippen LogP contribution is 2.30. The summed E-state index contributed by atoms with van der Waals surface area (Å²) in [5.41, 5.74) is 2.85. The number of rotatable bonds is 2. The molecule has 6 nitrogen and oxygen atoms in total. The Morgan fingerprint density at radius 3 is 2.48 bits per heavy atom. The Kier molecular flexibility index (Phi) is 4.39. The molecule has 0 N–H and O–H groups in total. The van der Waals surface area contributed by atoms with Crippen LogP contribution in [-0.2, 0) is 4.79 Å². The van der Waals surface area contributed by atoms with Crippen molar-refractivity contribution in [2.75, 3.05) is 31.1 Å². The zero-order valence-electron chi connectivity index (χ0n) is 15.4. The van der Waals surface area contributed by atoms with Crippen molar-refractivity contribution in [3.05, 3.63) is 58.4 Å². The molecule has 2 aromatic heterocycles. The Labute approximate surface area is 157 Å². The SMILES string of the molecule is CC(=O)N1CCN(c2ccc3c(-c4ccccc4C)cc(=O)oc3n2)CC1. The van der Waals surface area contributed by atoms with Crippen molar-refractivity contribution in [1.29, 1.82) is 0 Å². The standard InChI is InChI=1S/C21H21N3O3/c1-14-5-3-4-6-16(14)18-13-20(26)27-21-17(18)7-8-19(22-21)24-11-9-23(10-12-24)15(2)25/h3-8,13H,9-12H2,1-2H3. The molecule has 1 aliphatic heterocycles. The summed E-state index contributed by atoms with van der Waals surface area (Å²) >= 11 is 0. The number of pyridine rings is 1. The van der Waals surface area contributed by atoms with Crippen LogP contribution >= 0.6 is 0 Å². The van der Waals surface area contributed by atoms with Crippen LogP contribution in [0, 0.1) is 6.92 Å². The van der Waals surface area contributed by atoms with Gasteiger partial charge in [0.15, 0.2) is 0 Å². The topological polar surface area (TPSA) is 66.7 Å². The molecule has 138 valence electrons. The first-order valence-corrected chi connectivity index (χ1v) is 9.04. The van der Waals surface area contributed by atoms with Gasteiger partial charge in [0.25, 0.3) is 0 Å². The van der Waals surface area contributed by atoms with E-state index in [0.717, 1.165) is 27.9 Å². The lowest BCUT2D eigenvalue weighted by Gasteiger charge is -2.34. The smallest absolute Gasteiger partial charge is 0.338 e. The first-order chi connectivity index (χ1) is 13.0. The Bertz CT molecular complexity index is 1070. The van der Waals surface area contributed by atoms with E-state index in [-0.39, 0.29) is 5.91 Å². The number of amides is 1. The molecule has 0 saturated carbocycles. The molecule has 1 fully saturated rings. The van der Waals surface area contributed by atoms with Gasteiger partial charge in [-0.25, -0.2) is 4.79 Å². The lowest BCUT2D eigenvalue weighted by molar-refractivity contribution is -0.129. The van der Waals surface area contributed by atoms with E-state index in [2.05, 4.69) is 9.88 Å². The van der Waals surface area contributed by atoms with E-state index < -0.39 is 5.63 Å². The Hall–Kier alpha value is -3.15. The fourth-order valence-corrected chi connectivity index (χ4v) is 3.56. The fourth-order valence-electron chi connectivity index (χ4n) is 3.56. The molecule has 1 saturated heterocycles. The van der Waals surface area contributed by atoms with Crippen LogP contribution in [0.5, 0.6) is 0 Å². The van der Waals surface area contributed by atoms with Crippen LogP contribution in [0.2, 0.25) is 0 Å². The minimum absolute atomic E-state index is 0.0926. The molecule has 1 aliphatic rings. The van der Waals surface area contributed by atoms with Gasteiger partial charge in [0.2, 0.25) is 11.6 Å². The monoisotopic (exact) mass is 363 g/mol. The molecule has 0 atom stereocenters. The summed E-state index contributed by atoms with van der Waals surface area (Å²) in [6, 6.07) is 13.4. The third kappa shape index (κ3) is 3.30. The lowest BCUT2D eigenvalue weighted by Crippen LogP contribution is -2.48. The molecular weight excluding hydrogens is 342 g/mol. The summed E-state index contributed by atoms with van der Waals surface area (Å²) in [7, 11) is 0. The number of hydrogen-bond acceptors (Lipinski definition) is 5. The maximum Gasteiger partial charge on any atom is 0.338 e. The lowest BCUT2D eigenvalue weighted by atomic mass is 9.99. The van der Waals surface area contributed by atoms with E-state index in [9.17, 15) is 9.59 Å². The molecule has 1 amide bonds. The molecule has 27 heavy (non-hydrogen) atoms. The molecule has 3 heterocycles. The molecule has 6 heteroatoms. The quantitative estimate of drug-likeness (QED) is 0.700. The minimum atomic E-state index is -0.410. The average molecular weight is 363 g/mol. The van der Waals surface area contributed by atoms with Gasteiger partial charge in [0.1, 0.15) is 5.82 Å². The second-order valence-corrected chi connectivity index (χ2v) is 6.81. The van der Waals surface area contributed by atoms with Gasteiger partial charge in [-0.15, -0.1) is 0 Å². The average Bonchev–Trinajstić information content (AvgIpc) is 2.67. The molecule has 0 radical (unpaired) electrons. The molecule has 0 spiro atoms. The van der Waals surface area contributed by atoms with Gasteiger partial charge in [-0.3, -0.25) is 4.79 Å². The van der Waals surface area contributed by atoms with Crippen LogP contribution < -0.4 is 10.5 Å². The number of anilines is 1. The van der Waals surface area contributed by atoms with Gasteiger partial charge in [0, 0.05) is 50.1 Å². The number of aromatic nitrogens is 1. The molecule has 0 aliphatic carbocycles. The van der Waals surface area contributed by atoms with Crippen LogP contribution in [0.4, 0.5) is 5.82 Å². The van der Waals surface area contributed by atoms with Crippen molar-refractivity contribution in [1.82, 2.24) is 9.88 Å². The highest BCUT2D eigenvalue weighted by molar-refractivity contribution is 5.93. The number of piperazine rings is 1. The van der Waals surface area contributed by atoms with Crippen molar-refractivity contribution >= 4 is 22.8 Å². The Balaban J connectivity index is 1.73. The van der Waals surface area contributed by atoms with Crippen LogP contribution in [-0.4, -0.2) is 42.0 Å². The van der Waals surface area contributed by atoms with Crippen molar-refractivity contribution < 1.29 is 9.21 Å². The summed E-state index contributed by atoms with van der Waals surface area (Å²) in [6.45, 7) is 6.36. The van der Waals surface area contributed by atoms with Crippen LogP contribution in [0.15, 0.2) is 51.7 Å².